The number of unbranched alkanes of at least 4 members (excludes halogenated alkanes) is 1. The van der Waals surface area contributed by atoms with Crippen LogP contribution in [0.1, 0.15) is 76.6 Å². The molecule has 1 aliphatic carbocycles. The van der Waals surface area contributed by atoms with Crippen LogP contribution in [0.15, 0.2) is 48.5 Å². The van der Waals surface area contributed by atoms with E-state index in [9.17, 15) is 0 Å². The fourth-order valence-electron chi connectivity index (χ4n) is 3.88. The highest BCUT2D eigenvalue weighted by Crippen LogP contribution is 2.51. The van der Waals surface area contributed by atoms with E-state index in [0.29, 0.717) is 0 Å². The monoisotopic (exact) mass is 360 g/mol. The van der Waals surface area contributed by atoms with Crippen LogP contribution in [-0.2, 0) is 5.41 Å². The van der Waals surface area contributed by atoms with Gasteiger partial charge in [0.15, 0.2) is 0 Å². The molecule has 0 spiro atoms. The summed E-state index contributed by atoms with van der Waals surface area (Å²) in [6.07, 6.45) is 2.64. The fourth-order valence-corrected chi connectivity index (χ4v) is 3.88. The summed E-state index contributed by atoms with van der Waals surface area (Å²) in [6, 6.07) is 18.1. The van der Waals surface area contributed by atoms with Crippen molar-refractivity contribution in [2.24, 2.45) is 0 Å². The third kappa shape index (κ3) is 3.81. The van der Waals surface area contributed by atoms with Crippen LogP contribution < -0.4 is 0 Å². The van der Waals surface area contributed by atoms with E-state index < -0.39 is 0 Å². The maximum Gasteiger partial charge on any atom is 0.0159 e. The third-order valence-electron chi connectivity index (χ3n) is 5.54. The first kappa shape index (κ1) is 21.2. The van der Waals surface area contributed by atoms with E-state index in [4.69, 9.17) is 0 Å². The standard InChI is InChI=1S/C21H20.C4H10.C2H6/c1-13-9-10-17-18(11-13)21(3,4)19-12-14(2)15-7-5-6-8-16(15)20(17)19;1-3-4-2;1-2/h5-12H,1-4H3;3-4H2,1-2H3;1-2H3. The predicted octanol–water partition coefficient (Wildman–Crippen LogP) is 8.60. The summed E-state index contributed by atoms with van der Waals surface area (Å²) in [5, 5.41) is 2.77. The number of rotatable bonds is 1. The summed E-state index contributed by atoms with van der Waals surface area (Å²) in [7, 11) is 0. The quantitative estimate of drug-likeness (QED) is 0.407. The molecule has 0 atom stereocenters. The molecule has 4 rings (SSSR count). The lowest BCUT2D eigenvalue weighted by Crippen LogP contribution is -2.15. The zero-order valence-corrected chi connectivity index (χ0v) is 18.5. The van der Waals surface area contributed by atoms with E-state index >= 15 is 0 Å². The Bertz CT molecular complexity index is 911. The Hall–Kier alpha value is -2.08. The van der Waals surface area contributed by atoms with E-state index in [1.807, 2.05) is 13.8 Å². The Balaban J connectivity index is 0.000000389. The molecule has 144 valence electrons. The zero-order valence-electron chi connectivity index (χ0n) is 18.5. The van der Waals surface area contributed by atoms with Crippen LogP contribution in [0.25, 0.3) is 21.9 Å². The summed E-state index contributed by atoms with van der Waals surface area (Å²) in [5.74, 6) is 0. The minimum Gasteiger partial charge on any atom is -0.0683 e. The van der Waals surface area contributed by atoms with Crippen LogP contribution >= 0.6 is 0 Å². The Kier molecular flexibility index (Phi) is 6.87. The smallest absolute Gasteiger partial charge is 0.0159 e. The second kappa shape index (κ2) is 8.74. The molecule has 0 aliphatic heterocycles. The lowest BCUT2D eigenvalue weighted by molar-refractivity contribution is 0.659. The molecule has 0 aromatic heterocycles. The van der Waals surface area contributed by atoms with Gasteiger partial charge in [-0.15, -0.1) is 0 Å². The van der Waals surface area contributed by atoms with Gasteiger partial charge in [0.05, 0.1) is 0 Å². The molecule has 0 saturated heterocycles. The highest BCUT2D eigenvalue weighted by atomic mass is 14.4. The van der Waals surface area contributed by atoms with E-state index in [1.54, 1.807) is 0 Å². The molecule has 3 aromatic carbocycles. The average Bonchev–Trinajstić information content (AvgIpc) is 2.91. The molecule has 0 radical (unpaired) electrons. The molecule has 3 aromatic rings. The van der Waals surface area contributed by atoms with Crippen LogP contribution in [0.2, 0.25) is 0 Å². The van der Waals surface area contributed by atoms with Crippen LogP contribution in [0.3, 0.4) is 0 Å². The van der Waals surface area contributed by atoms with E-state index in [1.165, 1.54) is 57.0 Å². The maximum absolute atomic E-state index is 2.40. The Morgan fingerprint density at radius 3 is 1.93 bits per heavy atom. The van der Waals surface area contributed by atoms with Gasteiger partial charge in [0.25, 0.3) is 0 Å². The van der Waals surface area contributed by atoms with Crippen molar-refractivity contribution in [3.05, 3.63) is 70.8 Å². The molecular formula is C27H36. The SMILES string of the molecule is CC.CCCC.Cc1ccc2c(c1)C(C)(C)c1cc(C)c3ccccc3c1-2. The van der Waals surface area contributed by atoms with Gasteiger partial charge in [-0.05, 0) is 52.4 Å². The summed E-state index contributed by atoms with van der Waals surface area (Å²) in [6.45, 7) is 17.5. The predicted molar refractivity (Wildman–Crippen MR) is 123 cm³/mol. The average molecular weight is 361 g/mol. The molecule has 0 nitrogen and oxygen atoms in total. The second-order valence-electron chi connectivity index (χ2n) is 7.84. The van der Waals surface area contributed by atoms with Crippen LogP contribution in [-0.4, -0.2) is 0 Å². The van der Waals surface area contributed by atoms with Crippen LogP contribution in [0.5, 0.6) is 0 Å². The molecule has 0 saturated carbocycles. The number of hydrogen-bond donors (Lipinski definition) is 0. The largest absolute Gasteiger partial charge is 0.0683 e. The fraction of sp³-hybridized carbons (Fsp3) is 0.407. The Labute approximate surface area is 166 Å². The molecule has 0 heteroatoms. The van der Waals surface area contributed by atoms with Crippen molar-refractivity contribution in [1.29, 1.82) is 0 Å². The lowest BCUT2D eigenvalue weighted by atomic mass is 9.81. The van der Waals surface area contributed by atoms with Gasteiger partial charge in [0, 0.05) is 5.41 Å². The Morgan fingerprint density at radius 1 is 0.741 bits per heavy atom. The minimum absolute atomic E-state index is 0.0888. The molecule has 27 heavy (non-hydrogen) atoms. The highest BCUT2D eigenvalue weighted by molar-refractivity contribution is 6.03. The van der Waals surface area contributed by atoms with Gasteiger partial charge in [0.1, 0.15) is 0 Å². The first-order chi connectivity index (χ1) is 12.9. The number of benzene rings is 3. The maximum atomic E-state index is 2.40. The van der Waals surface area contributed by atoms with Crippen molar-refractivity contribution in [2.75, 3.05) is 0 Å². The molecule has 0 amide bonds. The van der Waals surface area contributed by atoms with Gasteiger partial charge in [0.2, 0.25) is 0 Å². The van der Waals surface area contributed by atoms with Crippen molar-refractivity contribution in [2.45, 2.75) is 73.6 Å². The van der Waals surface area contributed by atoms with Crippen LogP contribution in [0.4, 0.5) is 0 Å². The number of fused-ring (bicyclic) bond motifs is 5. The van der Waals surface area contributed by atoms with E-state index in [0.717, 1.165) is 0 Å². The summed E-state index contributed by atoms with van der Waals surface area (Å²) in [5.41, 5.74) is 8.60. The van der Waals surface area contributed by atoms with E-state index in [2.05, 4.69) is 90.1 Å². The number of hydrogen-bond acceptors (Lipinski definition) is 0. The topological polar surface area (TPSA) is 0 Å². The molecule has 1 aliphatic rings. The van der Waals surface area contributed by atoms with Crippen molar-refractivity contribution in [1.82, 2.24) is 0 Å². The van der Waals surface area contributed by atoms with Gasteiger partial charge < -0.3 is 0 Å². The second-order valence-corrected chi connectivity index (χ2v) is 7.84. The summed E-state index contributed by atoms with van der Waals surface area (Å²) in [4.78, 5) is 0. The molecule has 0 fully saturated rings. The summed E-state index contributed by atoms with van der Waals surface area (Å²) < 4.78 is 0. The minimum atomic E-state index is 0.0888. The summed E-state index contributed by atoms with van der Waals surface area (Å²) >= 11 is 0. The van der Waals surface area contributed by atoms with Crippen molar-refractivity contribution in [3.8, 4) is 11.1 Å². The van der Waals surface area contributed by atoms with Crippen LogP contribution in [0, 0.1) is 13.8 Å². The van der Waals surface area contributed by atoms with Crippen molar-refractivity contribution >= 4 is 10.8 Å². The van der Waals surface area contributed by atoms with Gasteiger partial charge in [-0.1, -0.05) is 108 Å². The van der Waals surface area contributed by atoms with Gasteiger partial charge in [-0.2, -0.15) is 0 Å². The molecule has 0 N–H and O–H groups in total. The normalized spacial score (nSPS) is 13.0. The Morgan fingerprint density at radius 2 is 1.33 bits per heavy atom. The third-order valence-corrected chi connectivity index (χ3v) is 5.54. The molecular weight excluding hydrogens is 324 g/mol. The molecule has 0 heterocycles. The van der Waals surface area contributed by atoms with Crippen molar-refractivity contribution in [3.63, 3.8) is 0 Å². The first-order valence-electron chi connectivity index (χ1n) is 10.6. The van der Waals surface area contributed by atoms with Gasteiger partial charge >= 0.3 is 0 Å². The zero-order chi connectivity index (χ0) is 20.2. The lowest BCUT2D eigenvalue weighted by Gasteiger charge is -2.22. The van der Waals surface area contributed by atoms with Gasteiger partial charge in [-0.25, -0.2) is 0 Å². The molecule has 0 unspecified atom stereocenters. The van der Waals surface area contributed by atoms with Crippen molar-refractivity contribution < 1.29 is 0 Å². The van der Waals surface area contributed by atoms with Gasteiger partial charge in [-0.3, -0.25) is 0 Å². The highest BCUT2D eigenvalue weighted by Gasteiger charge is 2.36. The molecule has 0 bridgehead atoms. The number of aryl methyl sites for hydroxylation is 2. The first-order valence-corrected chi connectivity index (χ1v) is 10.6. The van der Waals surface area contributed by atoms with E-state index in [-0.39, 0.29) is 5.41 Å².